The van der Waals surface area contributed by atoms with Gasteiger partial charge < -0.3 is 10.5 Å². The van der Waals surface area contributed by atoms with Crippen LogP contribution in [0.1, 0.15) is 27.2 Å². The van der Waals surface area contributed by atoms with Crippen LogP contribution in [0.2, 0.25) is 5.02 Å². The first-order chi connectivity index (χ1) is 15.1. The summed E-state index contributed by atoms with van der Waals surface area (Å²) in [5.41, 5.74) is 8.11. The number of H-pyrrole nitrogens is 1. The number of carbonyl (C=O) groups is 1. The molecule has 4 rings (SSSR count). The molecule has 0 spiro atoms. The third-order valence-electron chi connectivity index (χ3n) is 4.31. The first-order valence-corrected chi connectivity index (χ1v) is 9.67. The summed E-state index contributed by atoms with van der Waals surface area (Å²) < 4.78 is 5.56. The second-order valence-corrected chi connectivity index (χ2v) is 6.97. The van der Waals surface area contributed by atoms with Crippen molar-refractivity contribution in [2.45, 2.75) is 6.42 Å². The molecule has 4 aromatic rings. The lowest BCUT2D eigenvalue weighted by Gasteiger charge is -2.03. The van der Waals surface area contributed by atoms with E-state index in [1.54, 1.807) is 42.9 Å². The first kappa shape index (κ1) is 20.2. The lowest BCUT2D eigenvalue weighted by Crippen LogP contribution is -2.13. The minimum absolute atomic E-state index is 0.225. The molecule has 0 atom stereocenters. The van der Waals surface area contributed by atoms with E-state index in [1.165, 1.54) is 0 Å². The van der Waals surface area contributed by atoms with Crippen LogP contribution in [0, 0.1) is 0 Å². The molecule has 0 radical (unpaired) electrons. The van der Waals surface area contributed by atoms with Gasteiger partial charge in [-0.2, -0.15) is 5.10 Å². The Kier molecular flexibility index (Phi) is 6.00. The molecule has 0 saturated carbocycles. The topological polar surface area (TPSA) is 119 Å². The summed E-state index contributed by atoms with van der Waals surface area (Å²) in [7, 11) is 0. The molecule has 0 bridgehead atoms. The molecule has 154 valence electrons. The van der Waals surface area contributed by atoms with Gasteiger partial charge in [0.2, 0.25) is 0 Å². The number of halogens is 1. The number of amides is 1. The molecule has 0 unspecified atom stereocenters. The number of ether oxygens (including phenoxy) is 1. The van der Waals surface area contributed by atoms with E-state index in [-0.39, 0.29) is 17.4 Å². The molecule has 1 amide bonds. The van der Waals surface area contributed by atoms with Crippen molar-refractivity contribution >= 4 is 29.5 Å². The largest absolute Gasteiger partial charge is 0.424 e. The van der Waals surface area contributed by atoms with Crippen LogP contribution >= 0.6 is 11.6 Å². The summed E-state index contributed by atoms with van der Waals surface area (Å²) in [6, 6.07) is 16.5. The number of nitrogens with zero attached hydrogens (tertiary/aromatic N) is 4. The molecule has 2 aromatic heterocycles. The average molecular weight is 433 g/mol. The lowest BCUT2D eigenvalue weighted by molar-refractivity contribution is 0.100. The number of primary amides is 1. The third kappa shape index (κ3) is 5.12. The number of aromatic amines is 1. The molecular weight excluding hydrogens is 416 g/mol. The van der Waals surface area contributed by atoms with E-state index in [0.717, 1.165) is 11.1 Å². The van der Waals surface area contributed by atoms with Gasteiger partial charge in [0.05, 0.1) is 5.69 Å². The fraction of sp³-hybridized carbons (Fsp3) is 0.0455. The van der Waals surface area contributed by atoms with Gasteiger partial charge in [-0.05, 0) is 53.6 Å². The van der Waals surface area contributed by atoms with Crippen LogP contribution in [0.3, 0.4) is 0 Å². The van der Waals surface area contributed by atoms with E-state index >= 15 is 0 Å². The predicted octanol–water partition coefficient (Wildman–Crippen LogP) is 4.09. The quantitative estimate of drug-likeness (QED) is 0.426. The Labute approximate surface area is 182 Å². The fourth-order valence-corrected chi connectivity index (χ4v) is 3.11. The number of rotatable bonds is 7. The Balaban J connectivity index is 1.51. The van der Waals surface area contributed by atoms with Crippen LogP contribution in [0.25, 0.3) is 0 Å². The Morgan fingerprint density at radius 3 is 2.61 bits per heavy atom. The second kappa shape index (κ2) is 9.19. The standard InChI is InChI=1S/C22H17ClN6O2/c23-16-4-1-3-15(11-16)12-18-19(20(24)30)21(29-28-18)27-13-14-5-7-17(8-6-14)31-22-25-9-2-10-26-22/h1-11,13H,12H2,(H2,24,30)(H,28,29). The predicted molar refractivity (Wildman–Crippen MR) is 117 cm³/mol. The maximum Gasteiger partial charge on any atom is 0.321 e. The zero-order valence-electron chi connectivity index (χ0n) is 16.2. The molecule has 31 heavy (non-hydrogen) atoms. The maximum atomic E-state index is 12.0. The monoisotopic (exact) mass is 432 g/mol. The first-order valence-electron chi connectivity index (χ1n) is 9.29. The molecule has 8 nitrogen and oxygen atoms in total. The van der Waals surface area contributed by atoms with Gasteiger partial charge in [-0.3, -0.25) is 9.89 Å². The normalized spacial score (nSPS) is 11.0. The van der Waals surface area contributed by atoms with Crippen LogP contribution in [0.15, 0.2) is 72.0 Å². The zero-order chi connectivity index (χ0) is 21.6. The number of benzene rings is 2. The van der Waals surface area contributed by atoms with E-state index < -0.39 is 5.91 Å². The average Bonchev–Trinajstić information content (AvgIpc) is 3.17. The van der Waals surface area contributed by atoms with E-state index in [0.29, 0.717) is 22.9 Å². The van der Waals surface area contributed by atoms with E-state index in [9.17, 15) is 4.79 Å². The number of carbonyl (C=O) groups excluding carboxylic acids is 1. The van der Waals surface area contributed by atoms with Crippen LogP contribution in [0.5, 0.6) is 11.8 Å². The highest BCUT2D eigenvalue weighted by atomic mass is 35.5. The fourth-order valence-electron chi connectivity index (χ4n) is 2.90. The maximum absolute atomic E-state index is 12.0. The van der Waals surface area contributed by atoms with Crippen molar-refractivity contribution in [2.24, 2.45) is 10.7 Å². The molecule has 0 aliphatic carbocycles. The number of nitrogens with two attached hydrogens (primary N) is 1. The summed E-state index contributed by atoms with van der Waals surface area (Å²) >= 11 is 6.04. The van der Waals surface area contributed by atoms with Crippen molar-refractivity contribution in [2.75, 3.05) is 0 Å². The number of nitrogens with one attached hydrogen (secondary N) is 1. The Bertz CT molecular complexity index is 1220. The highest BCUT2D eigenvalue weighted by molar-refractivity contribution is 6.30. The van der Waals surface area contributed by atoms with Crippen molar-refractivity contribution in [3.05, 3.63) is 94.4 Å². The third-order valence-corrected chi connectivity index (χ3v) is 4.54. The second-order valence-electron chi connectivity index (χ2n) is 6.53. The summed E-state index contributed by atoms with van der Waals surface area (Å²) in [4.78, 5) is 24.4. The minimum Gasteiger partial charge on any atom is -0.424 e. The van der Waals surface area contributed by atoms with Gasteiger partial charge >= 0.3 is 6.01 Å². The van der Waals surface area contributed by atoms with Gasteiger partial charge in [-0.1, -0.05) is 23.7 Å². The number of hydrogen-bond donors (Lipinski definition) is 2. The molecule has 0 aliphatic heterocycles. The lowest BCUT2D eigenvalue weighted by atomic mass is 10.1. The molecule has 2 aromatic carbocycles. The highest BCUT2D eigenvalue weighted by Crippen LogP contribution is 2.23. The number of aromatic nitrogens is 4. The number of aliphatic imine (C=N–C) groups is 1. The smallest absolute Gasteiger partial charge is 0.321 e. The van der Waals surface area contributed by atoms with Gasteiger partial charge in [0.1, 0.15) is 11.3 Å². The molecule has 3 N–H and O–H groups in total. The van der Waals surface area contributed by atoms with Crippen molar-refractivity contribution in [1.29, 1.82) is 0 Å². The molecule has 0 saturated heterocycles. The van der Waals surface area contributed by atoms with Crippen LogP contribution in [0.4, 0.5) is 5.82 Å². The molecular formula is C22H17ClN6O2. The van der Waals surface area contributed by atoms with Crippen molar-refractivity contribution in [3.8, 4) is 11.8 Å². The summed E-state index contributed by atoms with van der Waals surface area (Å²) in [6.07, 6.45) is 5.22. The van der Waals surface area contributed by atoms with Crippen molar-refractivity contribution in [1.82, 2.24) is 20.2 Å². The van der Waals surface area contributed by atoms with Crippen LogP contribution in [-0.4, -0.2) is 32.3 Å². The Hall–Kier alpha value is -4.04. The van der Waals surface area contributed by atoms with E-state index in [1.807, 2.05) is 30.3 Å². The van der Waals surface area contributed by atoms with Crippen molar-refractivity contribution in [3.63, 3.8) is 0 Å². The summed E-state index contributed by atoms with van der Waals surface area (Å²) in [5.74, 6) is 0.205. The van der Waals surface area contributed by atoms with E-state index in [2.05, 4.69) is 25.2 Å². The van der Waals surface area contributed by atoms with E-state index in [4.69, 9.17) is 22.1 Å². The van der Waals surface area contributed by atoms with Gasteiger partial charge in [-0.15, -0.1) is 0 Å². The van der Waals surface area contributed by atoms with Crippen molar-refractivity contribution < 1.29 is 9.53 Å². The van der Waals surface area contributed by atoms with Crippen LogP contribution in [-0.2, 0) is 6.42 Å². The summed E-state index contributed by atoms with van der Waals surface area (Å²) in [5, 5.41) is 7.61. The van der Waals surface area contributed by atoms with Gasteiger partial charge in [0.15, 0.2) is 5.82 Å². The number of hydrogen-bond acceptors (Lipinski definition) is 6. The van der Waals surface area contributed by atoms with Gasteiger partial charge in [0, 0.05) is 30.1 Å². The highest BCUT2D eigenvalue weighted by Gasteiger charge is 2.18. The summed E-state index contributed by atoms with van der Waals surface area (Å²) in [6.45, 7) is 0. The molecule has 9 heteroatoms. The minimum atomic E-state index is -0.607. The molecule has 0 fully saturated rings. The molecule has 0 aliphatic rings. The van der Waals surface area contributed by atoms with Gasteiger partial charge in [-0.25, -0.2) is 15.0 Å². The molecule has 2 heterocycles. The van der Waals surface area contributed by atoms with Crippen LogP contribution < -0.4 is 10.5 Å². The SMILES string of the molecule is NC(=O)c1c(N=Cc2ccc(Oc3ncccn3)cc2)n[nH]c1Cc1cccc(Cl)c1. The Morgan fingerprint density at radius 2 is 1.90 bits per heavy atom. The Morgan fingerprint density at radius 1 is 1.13 bits per heavy atom. The van der Waals surface area contributed by atoms with Gasteiger partial charge in [0.25, 0.3) is 5.91 Å². The zero-order valence-corrected chi connectivity index (χ0v) is 17.0.